The van der Waals surface area contributed by atoms with Gasteiger partial charge in [0.15, 0.2) is 0 Å². The number of nitrogens with one attached hydrogen (secondary N) is 1. The number of aryl methyl sites for hydroxylation is 1. The van der Waals surface area contributed by atoms with E-state index in [1.54, 1.807) is 0 Å². The summed E-state index contributed by atoms with van der Waals surface area (Å²) in [5.41, 5.74) is 9.77. The Labute approximate surface area is 164 Å². The number of fused-ring (bicyclic) bond motifs is 6. The third kappa shape index (κ3) is 2.24. The first kappa shape index (κ1) is 15.5. The molecular weight excluding hydrogens is 400 g/mol. The van der Waals surface area contributed by atoms with Crippen molar-refractivity contribution in [3.63, 3.8) is 0 Å². The van der Waals surface area contributed by atoms with Gasteiger partial charge in [-0.1, -0.05) is 12.1 Å². The number of aromatic nitrogens is 3. The van der Waals surface area contributed by atoms with Crippen molar-refractivity contribution < 1.29 is 0 Å². The van der Waals surface area contributed by atoms with Crippen LogP contribution < -0.4 is 0 Å². The first-order valence-electron chi connectivity index (χ1n) is 9.41. The fraction of sp³-hybridized carbons (Fsp3) is 0.227. The highest BCUT2D eigenvalue weighted by molar-refractivity contribution is 9.10. The number of halogens is 1. The van der Waals surface area contributed by atoms with Crippen molar-refractivity contribution in [3.8, 4) is 11.3 Å². The predicted molar refractivity (Wildman–Crippen MR) is 112 cm³/mol. The van der Waals surface area contributed by atoms with Crippen LogP contribution in [0.1, 0.15) is 35.1 Å². The van der Waals surface area contributed by atoms with Crippen LogP contribution in [0.4, 0.5) is 0 Å². The number of rotatable bonds is 1. The number of hydrogen-bond acceptors (Lipinski definition) is 3. The zero-order chi connectivity index (χ0) is 18.0. The molecule has 0 unspecified atom stereocenters. The fourth-order valence-electron chi connectivity index (χ4n) is 4.58. The van der Waals surface area contributed by atoms with Gasteiger partial charge in [-0.15, -0.1) is 0 Å². The average molecular weight is 417 g/mol. The molecule has 2 aliphatic rings. The Bertz CT molecular complexity index is 1270. The second-order valence-electron chi connectivity index (χ2n) is 7.40. The van der Waals surface area contributed by atoms with Crippen molar-refractivity contribution in [2.45, 2.75) is 32.2 Å². The van der Waals surface area contributed by atoms with E-state index in [4.69, 9.17) is 4.98 Å². The Morgan fingerprint density at radius 1 is 0.926 bits per heavy atom. The first-order chi connectivity index (χ1) is 13.3. The summed E-state index contributed by atoms with van der Waals surface area (Å²) in [6.07, 6.45) is 6.63. The molecular formula is C22H17BrN4. The molecule has 1 N–H and O–H groups in total. The molecule has 1 aliphatic carbocycles. The van der Waals surface area contributed by atoms with Gasteiger partial charge in [0.2, 0.25) is 0 Å². The van der Waals surface area contributed by atoms with Gasteiger partial charge < -0.3 is 0 Å². The van der Waals surface area contributed by atoms with Gasteiger partial charge in [0, 0.05) is 22.6 Å². The van der Waals surface area contributed by atoms with E-state index in [2.05, 4.69) is 61.5 Å². The van der Waals surface area contributed by atoms with E-state index in [9.17, 15) is 0 Å². The molecule has 0 saturated heterocycles. The number of H-pyrrole nitrogens is 1. The number of hydrogen-bond donors (Lipinski definition) is 1. The van der Waals surface area contributed by atoms with E-state index in [-0.39, 0.29) is 0 Å². The van der Waals surface area contributed by atoms with Crippen LogP contribution in [0.3, 0.4) is 0 Å². The lowest BCUT2D eigenvalue weighted by molar-refractivity contribution is 0.689. The Hall–Kier alpha value is -2.53. The third-order valence-corrected chi connectivity index (χ3v) is 6.43. The molecule has 4 nitrogen and oxygen atoms in total. The molecule has 6 rings (SSSR count). The minimum atomic E-state index is 0.797. The molecule has 0 atom stereocenters. The molecule has 1 aliphatic heterocycles. The van der Waals surface area contributed by atoms with Gasteiger partial charge in [-0.25, -0.2) is 4.98 Å². The van der Waals surface area contributed by atoms with Crippen molar-refractivity contribution >= 4 is 44.0 Å². The Morgan fingerprint density at radius 2 is 1.78 bits per heavy atom. The number of benzene rings is 2. The van der Waals surface area contributed by atoms with Crippen molar-refractivity contribution in [3.05, 3.63) is 57.2 Å². The van der Waals surface area contributed by atoms with Crippen molar-refractivity contribution in [1.82, 2.24) is 15.2 Å². The van der Waals surface area contributed by atoms with Crippen molar-refractivity contribution in [1.29, 1.82) is 0 Å². The van der Waals surface area contributed by atoms with E-state index >= 15 is 0 Å². The second-order valence-corrected chi connectivity index (χ2v) is 8.19. The van der Waals surface area contributed by atoms with Crippen molar-refractivity contribution in [2.75, 3.05) is 0 Å². The number of aliphatic imine (C=N–C) groups is 1. The lowest BCUT2D eigenvalue weighted by Gasteiger charge is -2.22. The highest BCUT2D eigenvalue weighted by atomic mass is 79.9. The van der Waals surface area contributed by atoms with Gasteiger partial charge in [0.1, 0.15) is 4.60 Å². The third-order valence-electron chi connectivity index (χ3n) is 5.85. The summed E-state index contributed by atoms with van der Waals surface area (Å²) in [7, 11) is 0. The normalized spacial score (nSPS) is 15.4. The monoisotopic (exact) mass is 416 g/mol. The molecule has 27 heavy (non-hydrogen) atoms. The molecule has 0 saturated carbocycles. The van der Waals surface area contributed by atoms with E-state index in [1.165, 1.54) is 46.0 Å². The Kier molecular flexibility index (Phi) is 3.29. The molecule has 3 heterocycles. The maximum absolute atomic E-state index is 5.15. The van der Waals surface area contributed by atoms with Crippen LogP contribution in [0.5, 0.6) is 0 Å². The van der Waals surface area contributed by atoms with Gasteiger partial charge in [0.25, 0.3) is 0 Å². The average Bonchev–Trinajstić information content (AvgIpc) is 3.33. The zero-order valence-electron chi connectivity index (χ0n) is 14.7. The van der Waals surface area contributed by atoms with Crippen LogP contribution in [0.15, 0.2) is 39.9 Å². The Balaban J connectivity index is 1.70. The molecule has 4 aromatic rings. The number of aromatic amines is 1. The molecule has 0 amide bonds. The zero-order valence-corrected chi connectivity index (χ0v) is 16.3. The molecule has 0 spiro atoms. The van der Waals surface area contributed by atoms with Crippen LogP contribution in [0.2, 0.25) is 0 Å². The second kappa shape index (κ2) is 5.73. The number of pyridine rings is 1. The van der Waals surface area contributed by atoms with E-state index in [0.717, 1.165) is 46.1 Å². The van der Waals surface area contributed by atoms with Crippen LogP contribution in [0.25, 0.3) is 33.1 Å². The smallest absolute Gasteiger partial charge is 0.109 e. The Morgan fingerprint density at radius 3 is 2.70 bits per heavy atom. The van der Waals surface area contributed by atoms with Gasteiger partial charge in [0.05, 0.1) is 23.3 Å². The van der Waals surface area contributed by atoms with Crippen LogP contribution >= 0.6 is 15.9 Å². The first-order valence-corrected chi connectivity index (χ1v) is 10.2. The van der Waals surface area contributed by atoms with Crippen LogP contribution in [-0.4, -0.2) is 21.4 Å². The van der Waals surface area contributed by atoms with Gasteiger partial charge in [-0.05, 0) is 82.1 Å². The van der Waals surface area contributed by atoms with Crippen molar-refractivity contribution in [2.24, 2.45) is 4.99 Å². The minimum absolute atomic E-state index is 0.797. The SMILES string of the molecule is Brc1[nH]nc2ccc3nc(-c4ccc5c(c4)C=NC5)c4c(c3c12)CCCC4. The van der Waals surface area contributed by atoms with Crippen LogP contribution in [-0.2, 0) is 19.4 Å². The number of nitrogens with zero attached hydrogens (tertiary/aromatic N) is 3. The highest BCUT2D eigenvalue weighted by Crippen LogP contribution is 2.40. The van der Waals surface area contributed by atoms with E-state index in [1.807, 2.05) is 6.21 Å². The summed E-state index contributed by atoms with van der Waals surface area (Å²) in [5.74, 6) is 0. The standard InChI is InChI=1S/C22H17BrN4/c23-22-20-18(26-27-22)8-7-17-19(20)15-3-1-2-4-16(15)21(25-17)12-5-6-13-10-24-11-14(13)9-12/h5-9,11H,1-4,10H2,(H,26,27). The van der Waals surface area contributed by atoms with E-state index < -0.39 is 0 Å². The summed E-state index contributed by atoms with van der Waals surface area (Å²) < 4.78 is 0.944. The minimum Gasteiger partial charge on any atom is -0.288 e. The van der Waals surface area contributed by atoms with Gasteiger partial charge in [-0.3, -0.25) is 10.1 Å². The van der Waals surface area contributed by atoms with Gasteiger partial charge >= 0.3 is 0 Å². The molecule has 5 heteroatoms. The topological polar surface area (TPSA) is 53.9 Å². The lowest BCUT2D eigenvalue weighted by Crippen LogP contribution is -2.08. The molecule has 2 aromatic heterocycles. The molecule has 132 valence electrons. The molecule has 0 radical (unpaired) electrons. The predicted octanol–water partition coefficient (Wildman–Crippen LogP) is 5.35. The highest BCUT2D eigenvalue weighted by Gasteiger charge is 2.22. The molecule has 0 fully saturated rings. The van der Waals surface area contributed by atoms with Crippen LogP contribution in [0, 0.1) is 0 Å². The summed E-state index contributed by atoms with van der Waals surface area (Å²) in [6, 6.07) is 10.8. The lowest BCUT2D eigenvalue weighted by atomic mass is 9.85. The summed E-state index contributed by atoms with van der Waals surface area (Å²) >= 11 is 3.65. The fourth-order valence-corrected chi connectivity index (χ4v) is 5.07. The molecule has 0 bridgehead atoms. The summed E-state index contributed by atoms with van der Waals surface area (Å²) in [4.78, 5) is 9.55. The maximum atomic E-state index is 5.15. The molecule has 2 aromatic carbocycles. The largest absolute Gasteiger partial charge is 0.288 e. The quantitative estimate of drug-likeness (QED) is 0.454. The summed E-state index contributed by atoms with van der Waals surface area (Å²) in [6.45, 7) is 0.797. The summed E-state index contributed by atoms with van der Waals surface area (Å²) in [5, 5.41) is 9.91. The van der Waals surface area contributed by atoms with Gasteiger partial charge in [-0.2, -0.15) is 5.10 Å². The maximum Gasteiger partial charge on any atom is 0.109 e. The van der Waals surface area contributed by atoms with E-state index in [0.29, 0.717) is 0 Å².